The van der Waals surface area contributed by atoms with Crippen LogP contribution in [0.3, 0.4) is 0 Å². The number of hydrogen-bond acceptors (Lipinski definition) is 3. The number of para-hydroxylation sites is 1. The fourth-order valence-electron chi connectivity index (χ4n) is 1.83. The summed E-state index contributed by atoms with van der Waals surface area (Å²) >= 11 is 5.81. The van der Waals surface area contributed by atoms with Gasteiger partial charge in [0.1, 0.15) is 17.4 Å². The van der Waals surface area contributed by atoms with Gasteiger partial charge in [0.15, 0.2) is 0 Å². The predicted molar refractivity (Wildman–Crippen MR) is 86.5 cm³/mol. The molecule has 4 nitrogen and oxygen atoms in total. The maximum Gasteiger partial charge on any atom is 0.266 e. The van der Waals surface area contributed by atoms with Crippen LogP contribution in [-0.4, -0.2) is 11.0 Å². The molecule has 0 radical (unpaired) electrons. The Balaban J connectivity index is 2.26. The van der Waals surface area contributed by atoms with E-state index in [1.54, 1.807) is 18.2 Å². The number of aromatic hydroxyl groups is 1. The Kier molecular flexibility index (Phi) is 4.82. The normalized spacial score (nSPS) is 10.9. The highest BCUT2D eigenvalue weighted by Crippen LogP contribution is 2.25. The minimum Gasteiger partial charge on any atom is -0.506 e. The number of carbonyl (C=O) groups excluding carboxylic acids is 1. The minimum atomic E-state index is -0.499. The summed E-state index contributed by atoms with van der Waals surface area (Å²) in [7, 11) is 0. The molecule has 22 heavy (non-hydrogen) atoms. The van der Waals surface area contributed by atoms with E-state index in [0.29, 0.717) is 11.3 Å². The highest BCUT2D eigenvalue weighted by molar-refractivity contribution is 6.32. The van der Waals surface area contributed by atoms with E-state index >= 15 is 0 Å². The lowest BCUT2D eigenvalue weighted by Gasteiger charge is -2.07. The average Bonchev–Trinajstić information content (AvgIpc) is 2.50. The molecule has 0 bridgehead atoms. The highest BCUT2D eigenvalue weighted by Gasteiger charge is 2.11. The van der Waals surface area contributed by atoms with Crippen LogP contribution in [0.25, 0.3) is 6.08 Å². The van der Waals surface area contributed by atoms with Crippen molar-refractivity contribution >= 4 is 29.3 Å². The number of anilines is 1. The molecule has 0 heterocycles. The van der Waals surface area contributed by atoms with Crippen molar-refractivity contribution in [2.45, 2.75) is 6.92 Å². The van der Waals surface area contributed by atoms with Gasteiger partial charge in [-0.2, -0.15) is 5.26 Å². The van der Waals surface area contributed by atoms with E-state index in [1.807, 2.05) is 25.1 Å². The molecule has 2 N–H and O–H groups in total. The molecule has 0 aromatic heterocycles. The molecule has 5 heteroatoms. The Bertz CT molecular complexity index is 791. The summed E-state index contributed by atoms with van der Waals surface area (Å²) in [5, 5.41) is 21.4. The summed E-state index contributed by atoms with van der Waals surface area (Å²) in [6.07, 6.45) is 1.42. The number of hydrogen-bond donors (Lipinski definition) is 2. The first-order valence-electron chi connectivity index (χ1n) is 6.48. The molecule has 0 spiro atoms. The zero-order valence-electron chi connectivity index (χ0n) is 11.8. The Morgan fingerprint density at radius 2 is 2.05 bits per heavy atom. The predicted octanol–water partition coefficient (Wildman–Crippen LogP) is 3.90. The summed E-state index contributed by atoms with van der Waals surface area (Å²) in [5.74, 6) is -0.553. The van der Waals surface area contributed by atoms with Crippen molar-refractivity contribution in [3.63, 3.8) is 0 Å². The first-order valence-corrected chi connectivity index (χ1v) is 6.86. The van der Waals surface area contributed by atoms with Crippen LogP contribution in [0.2, 0.25) is 5.02 Å². The van der Waals surface area contributed by atoms with Gasteiger partial charge in [0.05, 0.1) is 5.02 Å². The number of carbonyl (C=O) groups is 1. The van der Waals surface area contributed by atoms with Gasteiger partial charge in [0.25, 0.3) is 5.91 Å². The van der Waals surface area contributed by atoms with Gasteiger partial charge in [-0.25, -0.2) is 0 Å². The molecule has 0 fully saturated rings. The molecular weight excluding hydrogens is 300 g/mol. The van der Waals surface area contributed by atoms with Crippen LogP contribution in [0.5, 0.6) is 5.75 Å². The lowest BCUT2D eigenvalue weighted by Crippen LogP contribution is -2.14. The topological polar surface area (TPSA) is 73.1 Å². The molecule has 0 aliphatic carbocycles. The standard InChI is InChI=1S/C17H13ClN2O2/c1-11-4-2-3-5-15(11)20-17(22)13(10-19)8-12-6-7-16(21)14(18)9-12/h2-9,21H,1H3,(H,20,22). The van der Waals surface area contributed by atoms with E-state index in [4.69, 9.17) is 16.9 Å². The first kappa shape index (κ1) is 15.6. The van der Waals surface area contributed by atoms with E-state index in [2.05, 4.69) is 5.32 Å². The van der Waals surface area contributed by atoms with E-state index in [0.717, 1.165) is 5.56 Å². The molecule has 1 amide bonds. The molecule has 110 valence electrons. The van der Waals surface area contributed by atoms with Gasteiger partial charge in [-0.1, -0.05) is 35.9 Å². The molecule has 2 aromatic carbocycles. The Labute approximate surface area is 133 Å². The zero-order chi connectivity index (χ0) is 16.1. The quantitative estimate of drug-likeness (QED) is 0.667. The molecule has 0 aliphatic heterocycles. The van der Waals surface area contributed by atoms with Crippen LogP contribution in [0.1, 0.15) is 11.1 Å². The first-order chi connectivity index (χ1) is 10.5. The number of benzene rings is 2. The summed E-state index contributed by atoms with van der Waals surface area (Å²) in [5.41, 5.74) is 2.06. The summed E-state index contributed by atoms with van der Waals surface area (Å²) < 4.78 is 0. The van der Waals surface area contributed by atoms with E-state index in [9.17, 15) is 9.90 Å². The van der Waals surface area contributed by atoms with Crippen molar-refractivity contribution in [3.05, 3.63) is 64.2 Å². The maximum atomic E-state index is 12.2. The molecular formula is C17H13ClN2O2. The summed E-state index contributed by atoms with van der Waals surface area (Å²) in [6, 6.07) is 13.6. The number of aryl methyl sites for hydroxylation is 1. The number of phenols is 1. The number of nitrogens with zero attached hydrogens (tertiary/aromatic N) is 1. The smallest absolute Gasteiger partial charge is 0.266 e. The van der Waals surface area contributed by atoms with Crippen molar-refractivity contribution in [3.8, 4) is 11.8 Å². The van der Waals surface area contributed by atoms with Gasteiger partial charge < -0.3 is 10.4 Å². The van der Waals surface area contributed by atoms with Crippen LogP contribution in [0, 0.1) is 18.3 Å². The average molecular weight is 313 g/mol. The van der Waals surface area contributed by atoms with Gasteiger partial charge in [0, 0.05) is 5.69 Å². The monoisotopic (exact) mass is 312 g/mol. The second-order valence-corrected chi connectivity index (χ2v) is 5.06. The number of amides is 1. The van der Waals surface area contributed by atoms with Gasteiger partial charge in [-0.15, -0.1) is 0 Å². The number of halogens is 1. The second-order valence-electron chi connectivity index (χ2n) is 4.65. The highest BCUT2D eigenvalue weighted by atomic mass is 35.5. The van der Waals surface area contributed by atoms with Crippen molar-refractivity contribution in [1.29, 1.82) is 5.26 Å². The molecule has 0 aliphatic rings. The Hall–Kier alpha value is -2.77. The third-order valence-electron chi connectivity index (χ3n) is 3.04. The third-order valence-corrected chi connectivity index (χ3v) is 3.34. The molecule has 0 saturated carbocycles. The van der Waals surface area contributed by atoms with Gasteiger partial charge in [-0.3, -0.25) is 4.79 Å². The molecule has 2 rings (SSSR count). The lowest BCUT2D eigenvalue weighted by atomic mass is 10.1. The van der Waals surface area contributed by atoms with Gasteiger partial charge in [0.2, 0.25) is 0 Å². The van der Waals surface area contributed by atoms with Crippen molar-refractivity contribution in [2.75, 3.05) is 5.32 Å². The van der Waals surface area contributed by atoms with Crippen LogP contribution < -0.4 is 5.32 Å². The van der Waals surface area contributed by atoms with Crippen molar-refractivity contribution in [1.82, 2.24) is 0 Å². The van der Waals surface area contributed by atoms with E-state index in [1.165, 1.54) is 18.2 Å². The fourth-order valence-corrected chi connectivity index (χ4v) is 2.02. The SMILES string of the molecule is Cc1ccccc1NC(=O)C(C#N)=Cc1ccc(O)c(Cl)c1. The molecule has 2 aromatic rings. The number of nitriles is 1. The van der Waals surface area contributed by atoms with Gasteiger partial charge >= 0.3 is 0 Å². The number of phenolic OH excluding ortho intramolecular Hbond substituents is 1. The third kappa shape index (κ3) is 3.66. The summed E-state index contributed by atoms with van der Waals surface area (Å²) in [6.45, 7) is 1.87. The van der Waals surface area contributed by atoms with E-state index < -0.39 is 5.91 Å². The van der Waals surface area contributed by atoms with Crippen LogP contribution in [0.4, 0.5) is 5.69 Å². The fraction of sp³-hybridized carbons (Fsp3) is 0.0588. The number of nitrogens with one attached hydrogen (secondary N) is 1. The lowest BCUT2D eigenvalue weighted by molar-refractivity contribution is -0.112. The van der Waals surface area contributed by atoms with Crippen molar-refractivity contribution in [2.24, 2.45) is 0 Å². The van der Waals surface area contributed by atoms with Crippen LogP contribution in [0.15, 0.2) is 48.0 Å². The zero-order valence-corrected chi connectivity index (χ0v) is 12.6. The Morgan fingerprint density at radius 1 is 1.32 bits per heavy atom. The summed E-state index contributed by atoms with van der Waals surface area (Å²) in [4.78, 5) is 12.2. The molecule has 0 unspecified atom stereocenters. The van der Waals surface area contributed by atoms with Crippen LogP contribution >= 0.6 is 11.6 Å². The molecule has 0 saturated heterocycles. The Morgan fingerprint density at radius 3 is 2.68 bits per heavy atom. The number of rotatable bonds is 3. The maximum absolute atomic E-state index is 12.2. The molecule has 0 atom stereocenters. The largest absolute Gasteiger partial charge is 0.506 e. The second kappa shape index (κ2) is 6.79. The van der Waals surface area contributed by atoms with Crippen molar-refractivity contribution < 1.29 is 9.90 Å². The minimum absolute atomic E-state index is 0.0509. The van der Waals surface area contributed by atoms with E-state index in [-0.39, 0.29) is 16.3 Å². The van der Waals surface area contributed by atoms with Gasteiger partial charge in [-0.05, 0) is 42.3 Å². The van der Waals surface area contributed by atoms with Crippen LogP contribution in [-0.2, 0) is 4.79 Å².